The second-order valence-electron chi connectivity index (χ2n) is 14.1. The van der Waals surface area contributed by atoms with Gasteiger partial charge in [-0.2, -0.15) is 0 Å². The van der Waals surface area contributed by atoms with Crippen molar-refractivity contribution in [2.75, 3.05) is 14.2 Å². The molecule has 5 aromatic heterocycles. The molecule has 2 saturated carbocycles. The van der Waals surface area contributed by atoms with Crippen molar-refractivity contribution in [1.82, 2.24) is 0 Å². The number of hydrogen-bond donors (Lipinski definition) is 0. The van der Waals surface area contributed by atoms with Crippen molar-refractivity contribution in [2.24, 2.45) is 0 Å². The number of hydrogen-bond acceptors (Lipinski definition) is 9. The van der Waals surface area contributed by atoms with Gasteiger partial charge in [-0.3, -0.25) is 0 Å². The van der Waals surface area contributed by atoms with Crippen molar-refractivity contribution in [2.45, 2.75) is 75.0 Å². The molecular formula is C42H32N4O2S5. The molecule has 0 radical (unpaired) electrons. The zero-order valence-electron chi connectivity index (χ0n) is 29.2. The Bertz CT molecular complexity index is 2580. The average molecular weight is 785 g/mol. The summed E-state index contributed by atoms with van der Waals surface area (Å²) in [5.41, 5.74) is 6.48. The van der Waals surface area contributed by atoms with Crippen molar-refractivity contribution >= 4 is 89.4 Å². The van der Waals surface area contributed by atoms with E-state index in [1.807, 2.05) is 58.3 Å². The molecule has 2 fully saturated rings. The lowest BCUT2D eigenvalue weighted by Crippen LogP contribution is -2.28. The minimum atomic E-state index is -0.0172. The Morgan fingerprint density at radius 1 is 0.660 bits per heavy atom. The van der Waals surface area contributed by atoms with E-state index in [4.69, 9.17) is 22.6 Å². The Balaban J connectivity index is 1.22. The summed E-state index contributed by atoms with van der Waals surface area (Å²) in [6, 6.07) is 12.7. The van der Waals surface area contributed by atoms with Gasteiger partial charge in [0.2, 0.25) is 0 Å². The Hall–Kier alpha value is -4.46. The number of nitrogens with zero attached hydrogens (tertiary/aromatic N) is 4. The Morgan fingerprint density at radius 3 is 1.72 bits per heavy atom. The Morgan fingerprint density at radius 2 is 1.19 bits per heavy atom. The number of nitriles is 2. The summed E-state index contributed by atoms with van der Waals surface area (Å²) in [5, 5.41) is 18.8. The summed E-state index contributed by atoms with van der Waals surface area (Å²) < 4.78 is 14.5. The third kappa shape index (κ3) is 5.06. The summed E-state index contributed by atoms with van der Waals surface area (Å²) in [6.07, 6.45) is 15.4. The predicted octanol–water partition coefficient (Wildman–Crippen LogP) is 13.4. The van der Waals surface area contributed by atoms with Gasteiger partial charge in [0.25, 0.3) is 11.4 Å². The first-order valence-electron chi connectivity index (χ1n) is 17.7. The molecule has 0 amide bonds. The van der Waals surface area contributed by atoms with E-state index < -0.39 is 0 Å². The van der Waals surface area contributed by atoms with Gasteiger partial charge in [0, 0.05) is 39.9 Å². The lowest BCUT2D eigenvalue weighted by atomic mass is 9.67. The highest BCUT2D eigenvalue weighted by Crippen LogP contribution is 2.73. The fourth-order valence-corrected chi connectivity index (χ4v) is 16.1. The molecule has 4 aliphatic carbocycles. The van der Waals surface area contributed by atoms with E-state index in [0.717, 1.165) is 43.8 Å². The van der Waals surface area contributed by atoms with Gasteiger partial charge < -0.3 is 9.47 Å². The van der Waals surface area contributed by atoms with Gasteiger partial charge in [-0.05, 0) is 84.4 Å². The first-order valence-corrected chi connectivity index (χ1v) is 21.8. The molecule has 262 valence electrons. The standard InChI is InChI=1S/C42H32N4O2S5/c1-45-23(21-43)15-25-17-28(47-3)37(49-25)30-19-27-36(51-30)33-34(41(27)11-7-5-8-12-41)40-35(42(33)13-9-6-10-14-42)39-32(53-40)20-31(52-39)38-29(48-4)18-26(50-38)16-24(22-44)46-2/h15-20H,5-14H2,3-4H3/b23-15+,24-16-. The Labute approximate surface area is 328 Å². The van der Waals surface area contributed by atoms with Gasteiger partial charge in [0.15, 0.2) is 0 Å². The van der Waals surface area contributed by atoms with Crippen LogP contribution in [0.5, 0.6) is 11.5 Å². The number of allylic oxidation sites excluding steroid dienone is 4. The maximum Gasteiger partial charge on any atom is 0.263 e. The van der Waals surface area contributed by atoms with Crippen molar-refractivity contribution in [1.29, 1.82) is 10.5 Å². The molecule has 5 aromatic rings. The molecule has 9 rings (SSSR count). The lowest BCUT2D eigenvalue weighted by Gasteiger charge is -2.37. The molecule has 11 heteroatoms. The van der Waals surface area contributed by atoms with Crippen LogP contribution in [0.1, 0.15) is 94.8 Å². The van der Waals surface area contributed by atoms with Gasteiger partial charge >= 0.3 is 0 Å². The van der Waals surface area contributed by atoms with Crippen LogP contribution in [-0.2, 0) is 10.8 Å². The highest BCUT2D eigenvalue weighted by molar-refractivity contribution is 7.32. The van der Waals surface area contributed by atoms with Crippen LogP contribution in [0.25, 0.3) is 61.9 Å². The topological polar surface area (TPSA) is 74.8 Å². The minimum absolute atomic E-state index is 0.00797. The summed E-state index contributed by atoms with van der Waals surface area (Å²) in [5.74, 6) is 1.57. The first kappa shape index (κ1) is 34.3. The molecule has 0 bridgehead atoms. The van der Waals surface area contributed by atoms with E-state index in [-0.39, 0.29) is 22.2 Å². The van der Waals surface area contributed by atoms with Gasteiger partial charge in [-0.1, -0.05) is 38.5 Å². The number of thiophene rings is 5. The van der Waals surface area contributed by atoms with Gasteiger partial charge in [0.05, 0.1) is 58.8 Å². The lowest BCUT2D eigenvalue weighted by molar-refractivity contribution is 0.373. The average Bonchev–Trinajstić information content (AvgIpc) is 4.04. The summed E-state index contributed by atoms with van der Waals surface area (Å²) in [4.78, 5) is 16.0. The zero-order valence-corrected chi connectivity index (χ0v) is 33.3. The summed E-state index contributed by atoms with van der Waals surface area (Å²) in [6.45, 7) is 14.7. The number of ether oxygens (including phenoxy) is 2. The fourth-order valence-electron chi connectivity index (χ4n) is 9.41. The van der Waals surface area contributed by atoms with Crippen molar-refractivity contribution in [3.05, 3.63) is 89.1 Å². The van der Waals surface area contributed by atoms with Gasteiger partial charge in [-0.25, -0.2) is 20.2 Å². The molecule has 0 atom stereocenters. The predicted molar refractivity (Wildman–Crippen MR) is 220 cm³/mol. The number of rotatable bonds is 6. The SMILES string of the molecule is [C-]#[N+]/C(C#N)=C\c1cc(OC)c(-c2cc3sc4c(c3s2)C2(CCCCC2)C2=C4C3(CCCCC3)c3cc(-c4sc(/C=C(\C#N)[N+]#[C-])cc4OC)sc32)s1. The zero-order chi connectivity index (χ0) is 36.5. The molecule has 0 aliphatic heterocycles. The number of fused-ring (bicyclic) bond motifs is 10. The molecule has 0 N–H and O–H groups in total. The van der Waals surface area contributed by atoms with E-state index in [0.29, 0.717) is 0 Å². The molecular weight excluding hydrogens is 753 g/mol. The molecule has 5 heterocycles. The molecule has 0 aromatic carbocycles. The molecule has 2 spiro atoms. The molecule has 53 heavy (non-hydrogen) atoms. The maximum absolute atomic E-state index is 9.43. The fraction of sp³-hybridized carbons (Fsp3) is 0.333. The monoisotopic (exact) mass is 784 g/mol. The summed E-state index contributed by atoms with van der Waals surface area (Å²) >= 11 is 8.99. The van der Waals surface area contributed by atoms with Crippen LogP contribution in [0.3, 0.4) is 0 Å². The number of methoxy groups -OCH3 is 2. The maximum atomic E-state index is 9.43. The van der Waals surface area contributed by atoms with E-state index >= 15 is 0 Å². The minimum Gasteiger partial charge on any atom is -0.495 e. The van der Waals surface area contributed by atoms with Crippen LogP contribution in [0.4, 0.5) is 0 Å². The van der Waals surface area contributed by atoms with Crippen LogP contribution < -0.4 is 9.47 Å². The largest absolute Gasteiger partial charge is 0.495 e. The van der Waals surface area contributed by atoms with Crippen LogP contribution in [0, 0.1) is 35.8 Å². The van der Waals surface area contributed by atoms with Crippen LogP contribution in [0.15, 0.2) is 35.7 Å². The van der Waals surface area contributed by atoms with E-state index in [2.05, 4.69) is 21.8 Å². The van der Waals surface area contributed by atoms with E-state index in [9.17, 15) is 10.5 Å². The smallest absolute Gasteiger partial charge is 0.263 e. The highest BCUT2D eigenvalue weighted by atomic mass is 32.1. The first-order chi connectivity index (χ1) is 25.9. The van der Waals surface area contributed by atoms with Gasteiger partial charge in [0.1, 0.15) is 11.5 Å². The molecule has 0 saturated heterocycles. The second kappa shape index (κ2) is 13.1. The van der Waals surface area contributed by atoms with Crippen LogP contribution >= 0.6 is 56.7 Å². The quantitative estimate of drug-likeness (QED) is 0.127. The molecule has 4 aliphatic rings. The van der Waals surface area contributed by atoms with Crippen molar-refractivity contribution in [3.8, 4) is 43.1 Å². The second-order valence-corrected chi connectivity index (χ2v) is 19.4. The van der Waals surface area contributed by atoms with Crippen molar-refractivity contribution < 1.29 is 9.47 Å². The third-order valence-corrected chi connectivity index (χ3v) is 17.6. The van der Waals surface area contributed by atoms with Gasteiger partial charge in [-0.15, -0.1) is 56.7 Å². The Kier molecular flexibility index (Phi) is 8.50. The van der Waals surface area contributed by atoms with Crippen LogP contribution in [0.2, 0.25) is 0 Å². The molecule has 0 unspecified atom stereocenters. The highest BCUT2D eigenvalue weighted by Gasteiger charge is 2.59. The van der Waals surface area contributed by atoms with Crippen LogP contribution in [-0.4, -0.2) is 14.2 Å². The normalized spacial score (nSPS) is 18.4. The van der Waals surface area contributed by atoms with E-state index in [1.54, 1.807) is 65.8 Å². The summed E-state index contributed by atoms with van der Waals surface area (Å²) in [7, 11) is 3.39. The van der Waals surface area contributed by atoms with E-state index in [1.165, 1.54) is 85.8 Å². The third-order valence-electron chi connectivity index (χ3n) is 11.5. The van der Waals surface area contributed by atoms with Crippen molar-refractivity contribution in [3.63, 3.8) is 0 Å². The molecule has 6 nitrogen and oxygen atoms in total.